The van der Waals surface area contributed by atoms with Crippen LogP contribution in [0.5, 0.6) is 0 Å². The molecule has 0 heterocycles. The molecule has 0 saturated heterocycles. The van der Waals surface area contributed by atoms with Gasteiger partial charge in [0.15, 0.2) is 0 Å². The lowest BCUT2D eigenvalue weighted by molar-refractivity contribution is -0.137. The number of unbranched alkanes of at least 4 members (excludes halogenated alkanes) is 29. The standard InChI is InChI=1S/C37H72O2/c1-3-5-7-9-11-13-15-17-19-20-21-23-25-27-29-31-33-35-37(38)39-36-34-32-30-28-26-24-22-18-16-14-12-10-8-6-4-2/h33,35H,3-32,34,36H2,1-2H3. The summed E-state index contributed by atoms with van der Waals surface area (Å²) < 4.78 is 5.36. The van der Waals surface area contributed by atoms with E-state index < -0.39 is 0 Å². The van der Waals surface area contributed by atoms with Crippen molar-refractivity contribution in [3.63, 3.8) is 0 Å². The van der Waals surface area contributed by atoms with E-state index in [1.165, 1.54) is 186 Å². The SMILES string of the molecule is CCCCCCCCCCCCCCCCCC=CC(=O)OCCCCCCCCCCCCCCCCC. The average molecular weight is 549 g/mol. The molecule has 0 bridgehead atoms. The Hall–Kier alpha value is -0.790. The van der Waals surface area contributed by atoms with Crippen LogP contribution in [-0.2, 0) is 9.53 Å². The molecule has 232 valence electrons. The molecule has 0 rings (SSSR count). The highest BCUT2D eigenvalue weighted by Gasteiger charge is 1.98. The van der Waals surface area contributed by atoms with Crippen LogP contribution in [-0.4, -0.2) is 12.6 Å². The molecule has 0 radical (unpaired) electrons. The lowest BCUT2D eigenvalue weighted by Crippen LogP contribution is -2.02. The third-order valence-electron chi connectivity index (χ3n) is 8.22. The number of carbonyl (C=O) groups is 1. The Kier molecular flexibility index (Phi) is 34.5. The van der Waals surface area contributed by atoms with Gasteiger partial charge in [-0.1, -0.05) is 200 Å². The van der Waals surface area contributed by atoms with E-state index in [0.29, 0.717) is 6.61 Å². The van der Waals surface area contributed by atoms with Gasteiger partial charge in [-0.2, -0.15) is 0 Å². The molecule has 0 aliphatic heterocycles. The fourth-order valence-electron chi connectivity index (χ4n) is 5.51. The second-order valence-electron chi connectivity index (χ2n) is 12.3. The quantitative estimate of drug-likeness (QED) is 0.0463. The highest BCUT2D eigenvalue weighted by atomic mass is 16.5. The van der Waals surface area contributed by atoms with E-state index >= 15 is 0 Å². The fraction of sp³-hybridized carbons (Fsp3) is 0.919. The summed E-state index contributed by atoms with van der Waals surface area (Å²) in [5, 5.41) is 0. The second kappa shape index (κ2) is 35.2. The highest BCUT2D eigenvalue weighted by Crippen LogP contribution is 2.15. The predicted octanol–water partition coefficient (Wildman–Crippen LogP) is 13.2. The van der Waals surface area contributed by atoms with Crippen LogP contribution in [0.1, 0.15) is 213 Å². The number of allylic oxidation sites excluding steroid dienone is 1. The maximum absolute atomic E-state index is 11.8. The molecule has 0 aliphatic carbocycles. The van der Waals surface area contributed by atoms with Crippen molar-refractivity contribution in [3.8, 4) is 0 Å². The predicted molar refractivity (Wildman–Crippen MR) is 175 cm³/mol. The van der Waals surface area contributed by atoms with Gasteiger partial charge in [-0.25, -0.2) is 4.79 Å². The van der Waals surface area contributed by atoms with Crippen molar-refractivity contribution in [1.82, 2.24) is 0 Å². The molecule has 0 N–H and O–H groups in total. The minimum atomic E-state index is -0.152. The summed E-state index contributed by atoms with van der Waals surface area (Å²) in [5.74, 6) is -0.152. The molecule has 0 amide bonds. The number of carbonyl (C=O) groups excluding carboxylic acids is 1. The van der Waals surface area contributed by atoms with Gasteiger partial charge >= 0.3 is 5.97 Å². The van der Waals surface area contributed by atoms with Gasteiger partial charge in [0.25, 0.3) is 0 Å². The number of rotatable bonds is 33. The number of esters is 1. The maximum atomic E-state index is 11.8. The Morgan fingerprint density at radius 3 is 1.03 bits per heavy atom. The largest absolute Gasteiger partial charge is 0.463 e. The van der Waals surface area contributed by atoms with E-state index in [2.05, 4.69) is 13.8 Å². The molecule has 39 heavy (non-hydrogen) atoms. The van der Waals surface area contributed by atoms with Crippen LogP contribution >= 0.6 is 0 Å². The van der Waals surface area contributed by atoms with Crippen LogP contribution < -0.4 is 0 Å². The van der Waals surface area contributed by atoms with Crippen molar-refractivity contribution in [2.24, 2.45) is 0 Å². The molecule has 0 aromatic heterocycles. The van der Waals surface area contributed by atoms with Crippen LogP contribution in [0.4, 0.5) is 0 Å². The van der Waals surface area contributed by atoms with E-state index in [9.17, 15) is 4.79 Å². The maximum Gasteiger partial charge on any atom is 0.330 e. The van der Waals surface area contributed by atoms with Gasteiger partial charge in [0, 0.05) is 6.08 Å². The van der Waals surface area contributed by atoms with Gasteiger partial charge in [-0.3, -0.25) is 0 Å². The molecule has 0 saturated carbocycles. The van der Waals surface area contributed by atoms with Crippen molar-refractivity contribution < 1.29 is 9.53 Å². The van der Waals surface area contributed by atoms with Gasteiger partial charge in [0.2, 0.25) is 0 Å². The molecule has 0 aromatic rings. The first-order valence-corrected chi connectivity index (χ1v) is 18.1. The Morgan fingerprint density at radius 1 is 0.410 bits per heavy atom. The highest BCUT2D eigenvalue weighted by molar-refractivity contribution is 5.81. The third kappa shape index (κ3) is 35.2. The topological polar surface area (TPSA) is 26.3 Å². The van der Waals surface area contributed by atoms with Crippen molar-refractivity contribution in [1.29, 1.82) is 0 Å². The minimum Gasteiger partial charge on any atom is -0.463 e. The summed E-state index contributed by atoms with van der Waals surface area (Å²) in [6, 6.07) is 0. The van der Waals surface area contributed by atoms with Crippen molar-refractivity contribution in [2.45, 2.75) is 213 Å². The Morgan fingerprint density at radius 2 is 0.692 bits per heavy atom. The molecular weight excluding hydrogens is 476 g/mol. The Bertz CT molecular complexity index is 484. The lowest BCUT2D eigenvalue weighted by Gasteiger charge is -2.04. The Balaban J connectivity index is 3.21. The zero-order valence-electron chi connectivity index (χ0n) is 27.1. The monoisotopic (exact) mass is 549 g/mol. The number of ether oxygens (including phenoxy) is 1. The van der Waals surface area contributed by atoms with E-state index in [0.717, 1.165) is 12.8 Å². The van der Waals surface area contributed by atoms with Crippen molar-refractivity contribution >= 4 is 5.97 Å². The molecule has 0 aliphatic rings. The summed E-state index contributed by atoms with van der Waals surface area (Å²) >= 11 is 0. The first kappa shape index (κ1) is 38.2. The molecule has 2 nitrogen and oxygen atoms in total. The van der Waals surface area contributed by atoms with Crippen LogP contribution in [0, 0.1) is 0 Å². The van der Waals surface area contributed by atoms with Crippen LogP contribution in [0.3, 0.4) is 0 Å². The van der Waals surface area contributed by atoms with Crippen molar-refractivity contribution in [2.75, 3.05) is 6.61 Å². The smallest absolute Gasteiger partial charge is 0.330 e. The summed E-state index contributed by atoms with van der Waals surface area (Å²) in [6.07, 6.45) is 46.0. The molecule has 0 unspecified atom stereocenters. The van der Waals surface area contributed by atoms with Crippen LogP contribution in [0.2, 0.25) is 0 Å². The zero-order valence-corrected chi connectivity index (χ0v) is 27.1. The van der Waals surface area contributed by atoms with Crippen LogP contribution in [0.15, 0.2) is 12.2 Å². The molecule has 0 spiro atoms. The van der Waals surface area contributed by atoms with E-state index in [1.807, 2.05) is 6.08 Å². The molecule has 0 fully saturated rings. The van der Waals surface area contributed by atoms with Crippen LogP contribution in [0.25, 0.3) is 0 Å². The summed E-state index contributed by atoms with van der Waals surface area (Å²) in [6.45, 7) is 5.16. The van der Waals surface area contributed by atoms with Gasteiger partial charge in [0.1, 0.15) is 0 Å². The van der Waals surface area contributed by atoms with E-state index in [4.69, 9.17) is 4.74 Å². The van der Waals surface area contributed by atoms with Gasteiger partial charge in [-0.05, 0) is 19.3 Å². The fourth-order valence-corrected chi connectivity index (χ4v) is 5.51. The van der Waals surface area contributed by atoms with E-state index in [-0.39, 0.29) is 5.97 Å². The van der Waals surface area contributed by atoms with Crippen molar-refractivity contribution in [3.05, 3.63) is 12.2 Å². The van der Waals surface area contributed by atoms with Gasteiger partial charge in [0.05, 0.1) is 6.61 Å². The summed E-state index contributed by atoms with van der Waals surface area (Å²) in [7, 11) is 0. The lowest BCUT2D eigenvalue weighted by atomic mass is 10.0. The summed E-state index contributed by atoms with van der Waals surface area (Å²) in [4.78, 5) is 11.8. The van der Waals surface area contributed by atoms with E-state index in [1.54, 1.807) is 6.08 Å². The number of hydrogen-bond acceptors (Lipinski definition) is 2. The molecular formula is C37H72O2. The average Bonchev–Trinajstić information content (AvgIpc) is 2.94. The minimum absolute atomic E-state index is 0.152. The normalized spacial score (nSPS) is 11.5. The molecule has 2 heteroatoms. The van der Waals surface area contributed by atoms with Gasteiger partial charge in [-0.15, -0.1) is 0 Å². The molecule has 0 atom stereocenters. The third-order valence-corrected chi connectivity index (χ3v) is 8.22. The number of hydrogen-bond donors (Lipinski definition) is 0. The Labute approximate surface area is 246 Å². The zero-order chi connectivity index (χ0) is 28.3. The summed E-state index contributed by atoms with van der Waals surface area (Å²) in [5.41, 5.74) is 0. The molecule has 0 aromatic carbocycles. The first-order chi connectivity index (χ1) is 19.3. The van der Waals surface area contributed by atoms with Gasteiger partial charge < -0.3 is 4.74 Å². The first-order valence-electron chi connectivity index (χ1n) is 18.1. The second-order valence-corrected chi connectivity index (χ2v) is 12.3.